The molecule has 80 valence electrons. The van der Waals surface area contributed by atoms with Crippen LogP contribution in [-0.2, 0) is 0 Å². The summed E-state index contributed by atoms with van der Waals surface area (Å²) >= 11 is 0. The molecule has 2 aromatic heterocycles. The van der Waals surface area contributed by atoms with Crippen LogP contribution >= 0.6 is 0 Å². The maximum absolute atomic E-state index is 4.08. The number of hydrogen-bond donors (Lipinski definition) is 1. The van der Waals surface area contributed by atoms with E-state index in [1.54, 1.807) is 0 Å². The molecule has 0 aliphatic rings. The predicted octanol–water partition coefficient (Wildman–Crippen LogP) is 2.72. The molecule has 0 saturated carbocycles. The first kappa shape index (κ1) is 11.4. The highest BCUT2D eigenvalue weighted by molar-refractivity contribution is 5.10. The highest BCUT2D eigenvalue weighted by Crippen LogP contribution is 1.94. The van der Waals surface area contributed by atoms with Gasteiger partial charge < -0.3 is 4.98 Å². The molecule has 0 atom stereocenters. The second-order valence-corrected chi connectivity index (χ2v) is 3.63. The predicted molar refractivity (Wildman–Crippen MR) is 61.8 cm³/mol. The van der Waals surface area contributed by atoms with Crippen molar-refractivity contribution >= 4 is 0 Å². The van der Waals surface area contributed by atoms with Gasteiger partial charge in [0.05, 0.1) is 0 Å². The number of nitrogens with zero attached hydrogens (tertiary/aromatic N) is 2. The Morgan fingerprint density at radius 2 is 1.67 bits per heavy atom. The molecule has 0 fully saturated rings. The normalized spacial score (nSPS) is 9.33. The van der Waals surface area contributed by atoms with E-state index in [9.17, 15) is 0 Å². The smallest absolute Gasteiger partial charge is 0.103 e. The van der Waals surface area contributed by atoms with Crippen molar-refractivity contribution in [2.24, 2.45) is 0 Å². The lowest BCUT2D eigenvalue weighted by Gasteiger charge is -1.89. The SMILES string of the molecule is Cc1ccc(C)nc1.Cc1cnc(C)[nH]1. The van der Waals surface area contributed by atoms with Gasteiger partial charge in [0.25, 0.3) is 0 Å². The van der Waals surface area contributed by atoms with Gasteiger partial charge in [-0.3, -0.25) is 4.98 Å². The van der Waals surface area contributed by atoms with Crippen molar-refractivity contribution in [2.75, 3.05) is 0 Å². The molecule has 0 saturated heterocycles. The lowest BCUT2D eigenvalue weighted by Crippen LogP contribution is -1.78. The molecule has 3 heteroatoms. The van der Waals surface area contributed by atoms with Crippen LogP contribution in [-0.4, -0.2) is 15.0 Å². The summed E-state index contributed by atoms with van der Waals surface area (Å²) in [4.78, 5) is 11.1. The van der Waals surface area contributed by atoms with Crippen LogP contribution in [0.1, 0.15) is 22.8 Å². The first-order valence-corrected chi connectivity index (χ1v) is 4.95. The van der Waals surface area contributed by atoms with E-state index in [4.69, 9.17) is 0 Å². The van der Waals surface area contributed by atoms with E-state index < -0.39 is 0 Å². The Hall–Kier alpha value is -1.64. The van der Waals surface area contributed by atoms with Crippen molar-refractivity contribution in [1.82, 2.24) is 15.0 Å². The molecule has 0 aromatic carbocycles. The minimum Gasteiger partial charge on any atom is -0.346 e. The topological polar surface area (TPSA) is 41.6 Å². The quantitative estimate of drug-likeness (QED) is 0.715. The maximum atomic E-state index is 4.08. The molecule has 0 spiro atoms. The standard InChI is InChI=1S/C7H9N.C5H8N2/c1-6-3-4-7(2)8-5-6;1-4-3-6-5(2)7-4/h3-5H,1-2H3;3H,1-2H3,(H,6,7). The van der Waals surface area contributed by atoms with Gasteiger partial charge in [-0.15, -0.1) is 0 Å². The zero-order valence-electron chi connectivity index (χ0n) is 9.70. The van der Waals surface area contributed by atoms with E-state index in [0.29, 0.717) is 0 Å². The minimum absolute atomic E-state index is 0.984. The van der Waals surface area contributed by atoms with Gasteiger partial charge in [-0.25, -0.2) is 4.98 Å². The Labute approximate surface area is 90.6 Å². The van der Waals surface area contributed by atoms with Gasteiger partial charge in [0.15, 0.2) is 0 Å². The van der Waals surface area contributed by atoms with Gasteiger partial charge in [-0.05, 0) is 39.3 Å². The van der Waals surface area contributed by atoms with E-state index in [1.165, 1.54) is 5.56 Å². The van der Waals surface area contributed by atoms with Crippen molar-refractivity contribution < 1.29 is 0 Å². The van der Waals surface area contributed by atoms with E-state index >= 15 is 0 Å². The van der Waals surface area contributed by atoms with Crippen LogP contribution in [0.3, 0.4) is 0 Å². The fourth-order valence-corrected chi connectivity index (χ4v) is 1.09. The van der Waals surface area contributed by atoms with Crippen molar-refractivity contribution in [3.8, 4) is 0 Å². The molecule has 15 heavy (non-hydrogen) atoms. The van der Waals surface area contributed by atoms with Gasteiger partial charge in [-0.2, -0.15) is 0 Å². The van der Waals surface area contributed by atoms with E-state index in [1.807, 2.05) is 46.2 Å². The molecule has 0 radical (unpaired) electrons. The summed E-state index contributed by atoms with van der Waals surface area (Å²) in [5, 5.41) is 0. The lowest BCUT2D eigenvalue weighted by atomic mass is 10.3. The van der Waals surface area contributed by atoms with Crippen molar-refractivity contribution in [2.45, 2.75) is 27.7 Å². The average Bonchev–Trinajstić information content (AvgIpc) is 2.56. The Morgan fingerprint density at radius 1 is 0.933 bits per heavy atom. The molecule has 2 aromatic rings. The largest absolute Gasteiger partial charge is 0.346 e. The third-order valence-electron chi connectivity index (χ3n) is 1.89. The number of rotatable bonds is 0. The third-order valence-corrected chi connectivity index (χ3v) is 1.89. The number of nitrogens with one attached hydrogen (secondary N) is 1. The maximum Gasteiger partial charge on any atom is 0.103 e. The van der Waals surface area contributed by atoms with Crippen LogP contribution in [0, 0.1) is 27.7 Å². The number of imidazole rings is 1. The van der Waals surface area contributed by atoms with Gasteiger partial charge in [-0.1, -0.05) is 6.07 Å². The molecule has 0 aliphatic heterocycles. The van der Waals surface area contributed by atoms with Crippen LogP contribution in [0.25, 0.3) is 0 Å². The summed E-state index contributed by atoms with van der Waals surface area (Å²) < 4.78 is 0. The molecule has 0 bridgehead atoms. The summed E-state index contributed by atoms with van der Waals surface area (Å²) in [7, 11) is 0. The van der Waals surface area contributed by atoms with Crippen LogP contribution in [0.5, 0.6) is 0 Å². The molecule has 0 unspecified atom stereocenters. The first-order chi connectivity index (χ1) is 7.08. The zero-order valence-corrected chi connectivity index (χ0v) is 9.70. The van der Waals surface area contributed by atoms with Crippen LogP contribution in [0.15, 0.2) is 24.5 Å². The number of pyridine rings is 1. The highest BCUT2D eigenvalue weighted by atomic mass is 14.9. The van der Waals surface area contributed by atoms with E-state index in [0.717, 1.165) is 17.2 Å². The summed E-state index contributed by atoms with van der Waals surface area (Å²) in [5.41, 5.74) is 3.42. The van der Waals surface area contributed by atoms with Crippen LogP contribution < -0.4 is 0 Å². The molecule has 1 N–H and O–H groups in total. The fraction of sp³-hybridized carbons (Fsp3) is 0.333. The molecular weight excluding hydrogens is 186 g/mol. The minimum atomic E-state index is 0.984. The number of H-pyrrole nitrogens is 1. The number of aromatic amines is 1. The summed E-state index contributed by atoms with van der Waals surface area (Å²) in [5.74, 6) is 0.984. The van der Waals surface area contributed by atoms with Crippen molar-refractivity contribution in [1.29, 1.82) is 0 Å². The second-order valence-electron chi connectivity index (χ2n) is 3.63. The van der Waals surface area contributed by atoms with Gasteiger partial charge >= 0.3 is 0 Å². The third kappa shape index (κ3) is 4.40. The highest BCUT2D eigenvalue weighted by Gasteiger charge is 1.83. The molecule has 2 heterocycles. The number of aryl methyl sites for hydroxylation is 4. The summed E-state index contributed by atoms with van der Waals surface area (Å²) in [6.07, 6.45) is 3.69. The molecule has 0 aliphatic carbocycles. The van der Waals surface area contributed by atoms with Crippen LogP contribution in [0.4, 0.5) is 0 Å². The molecule has 3 nitrogen and oxygen atoms in total. The number of aromatic nitrogens is 3. The Balaban J connectivity index is 0.000000151. The van der Waals surface area contributed by atoms with Crippen molar-refractivity contribution in [3.05, 3.63) is 47.3 Å². The molecule has 0 amide bonds. The van der Waals surface area contributed by atoms with Crippen molar-refractivity contribution in [3.63, 3.8) is 0 Å². The first-order valence-electron chi connectivity index (χ1n) is 4.95. The zero-order chi connectivity index (χ0) is 11.3. The Bertz CT molecular complexity index is 364. The average molecular weight is 203 g/mol. The summed E-state index contributed by atoms with van der Waals surface area (Å²) in [6.45, 7) is 7.94. The molecular formula is C12H17N3. The van der Waals surface area contributed by atoms with Gasteiger partial charge in [0.1, 0.15) is 5.82 Å². The fourth-order valence-electron chi connectivity index (χ4n) is 1.09. The monoisotopic (exact) mass is 203 g/mol. The number of hydrogen-bond acceptors (Lipinski definition) is 2. The van der Waals surface area contributed by atoms with Crippen LogP contribution in [0.2, 0.25) is 0 Å². The Kier molecular flexibility index (Phi) is 4.03. The summed E-state index contributed by atoms with van der Waals surface area (Å²) in [6, 6.07) is 4.07. The van der Waals surface area contributed by atoms with E-state index in [2.05, 4.69) is 21.0 Å². The molecule has 2 rings (SSSR count). The Morgan fingerprint density at radius 3 is 1.93 bits per heavy atom. The van der Waals surface area contributed by atoms with E-state index in [-0.39, 0.29) is 0 Å². The van der Waals surface area contributed by atoms with Gasteiger partial charge in [0, 0.05) is 23.8 Å². The second kappa shape index (κ2) is 5.29. The van der Waals surface area contributed by atoms with Gasteiger partial charge in [0.2, 0.25) is 0 Å². The lowest BCUT2D eigenvalue weighted by molar-refractivity contribution is 1.13.